The highest BCUT2D eigenvalue weighted by Gasteiger charge is 2.18. The topological polar surface area (TPSA) is 55.4 Å². The second kappa shape index (κ2) is 5.30. The van der Waals surface area contributed by atoms with Crippen LogP contribution >= 0.6 is 0 Å². The summed E-state index contributed by atoms with van der Waals surface area (Å²) in [6.07, 6.45) is 2.97. The monoisotopic (exact) mass is 231 g/mol. The van der Waals surface area contributed by atoms with E-state index in [0.717, 1.165) is 5.56 Å². The van der Waals surface area contributed by atoms with Crippen LogP contribution in [0, 0.1) is 0 Å². The van der Waals surface area contributed by atoms with Crippen LogP contribution < -0.4 is 5.32 Å². The van der Waals surface area contributed by atoms with Crippen molar-refractivity contribution >= 4 is 11.9 Å². The Balaban J connectivity index is 1.75. The largest absolute Gasteiger partial charge is 0.445 e. The van der Waals surface area contributed by atoms with Crippen LogP contribution in [0.4, 0.5) is 4.79 Å². The van der Waals surface area contributed by atoms with Crippen molar-refractivity contribution in [3.63, 3.8) is 0 Å². The van der Waals surface area contributed by atoms with Crippen molar-refractivity contribution in [3.05, 3.63) is 48.0 Å². The lowest BCUT2D eigenvalue weighted by atomic mass is 10.2. The van der Waals surface area contributed by atoms with E-state index in [2.05, 4.69) is 5.32 Å². The maximum atomic E-state index is 11.4. The molecule has 0 bridgehead atoms. The summed E-state index contributed by atoms with van der Waals surface area (Å²) in [4.78, 5) is 22.3. The molecule has 1 aliphatic carbocycles. The SMILES string of the molecule is O=C1C=C[C@H](NC(=O)OCc2ccccc2)C1. The Morgan fingerprint density at radius 3 is 2.76 bits per heavy atom. The maximum Gasteiger partial charge on any atom is 0.407 e. The number of ether oxygens (including phenoxy) is 1. The molecule has 1 aromatic carbocycles. The number of ketones is 1. The van der Waals surface area contributed by atoms with Gasteiger partial charge in [-0.05, 0) is 11.6 Å². The number of amides is 1. The van der Waals surface area contributed by atoms with E-state index >= 15 is 0 Å². The molecule has 1 amide bonds. The standard InChI is InChI=1S/C13H13NO3/c15-12-7-6-11(8-12)14-13(16)17-9-10-4-2-1-3-5-10/h1-7,11H,8-9H2,(H,14,16)/t11-/m0/s1. The van der Waals surface area contributed by atoms with Crippen molar-refractivity contribution in [1.82, 2.24) is 5.32 Å². The molecule has 0 aromatic heterocycles. The highest BCUT2D eigenvalue weighted by atomic mass is 16.5. The minimum absolute atomic E-state index is 0.0263. The van der Waals surface area contributed by atoms with Gasteiger partial charge in [0.15, 0.2) is 5.78 Å². The first kappa shape index (κ1) is 11.4. The molecule has 2 rings (SSSR count). The molecule has 4 heteroatoms. The van der Waals surface area contributed by atoms with Crippen LogP contribution in [0.5, 0.6) is 0 Å². The van der Waals surface area contributed by atoms with Crippen molar-refractivity contribution in [2.24, 2.45) is 0 Å². The Bertz CT molecular complexity index is 439. The van der Waals surface area contributed by atoms with Gasteiger partial charge in [-0.3, -0.25) is 4.79 Å². The zero-order chi connectivity index (χ0) is 12.1. The maximum absolute atomic E-state index is 11.4. The molecule has 88 valence electrons. The van der Waals surface area contributed by atoms with Crippen LogP contribution in [0.3, 0.4) is 0 Å². The van der Waals surface area contributed by atoms with Gasteiger partial charge in [0, 0.05) is 6.42 Å². The summed E-state index contributed by atoms with van der Waals surface area (Å²) in [6, 6.07) is 9.20. The van der Waals surface area contributed by atoms with Crippen LogP contribution in [0.15, 0.2) is 42.5 Å². The third-order valence-corrected chi connectivity index (χ3v) is 2.45. The van der Waals surface area contributed by atoms with Gasteiger partial charge < -0.3 is 10.1 Å². The third kappa shape index (κ3) is 3.45. The van der Waals surface area contributed by atoms with E-state index in [1.807, 2.05) is 30.3 Å². The molecule has 0 unspecified atom stereocenters. The van der Waals surface area contributed by atoms with E-state index in [-0.39, 0.29) is 18.4 Å². The average molecular weight is 231 g/mol. The summed E-state index contributed by atoms with van der Waals surface area (Å²) in [7, 11) is 0. The van der Waals surface area contributed by atoms with Crippen LogP contribution in [0.25, 0.3) is 0 Å². The van der Waals surface area contributed by atoms with Crippen LogP contribution in [-0.4, -0.2) is 17.9 Å². The van der Waals surface area contributed by atoms with Crippen molar-refractivity contribution in [2.45, 2.75) is 19.1 Å². The molecule has 17 heavy (non-hydrogen) atoms. The van der Waals surface area contributed by atoms with Crippen LogP contribution in [0.1, 0.15) is 12.0 Å². The first-order chi connectivity index (χ1) is 8.24. The highest BCUT2D eigenvalue weighted by molar-refractivity contribution is 5.93. The van der Waals surface area contributed by atoms with Gasteiger partial charge in [-0.2, -0.15) is 0 Å². The molecule has 1 atom stereocenters. The zero-order valence-corrected chi connectivity index (χ0v) is 9.26. The fourth-order valence-electron chi connectivity index (χ4n) is 1.59. The second-order valence-corrected chi connectivity index (χ2v) is 3.84. The smallest absolute Gasteiger partial charge is 0.407 e. The Morgan fingerprint density at radius 2 is 2.12 bits per heavy atom. The molecule has 0 heterocycles. The van der Waals surface area contributed by atoms with Gasteiger partial charge in [0.1, 0.15) is 6.61 Å². The predicted molar refractivity (Wildman–Crippen MR) is 62.3 cm³/mol. The van der Waals surface area contributed by atoms with E-state index < -0.39 is 6.09 Å². The fraction of sp³-hybridized carbons (Fsp3) is 0.231. The summed E-state index contributed by atoms with van der Waals surface area (Å²) in [6.45, 7) is 0.233. The number of hydrogen-bond acceptors (Lipinski definition) is 3. The number of hydrogen-bond donors (Lipinski definition) is 1. The number of allylic oxidation sites excluding steroid dienone is 1. The van der Waals surface area contributed by atoms with Crippen LogP contribution in [0.2, 0.25) is 0 Å². The molecule has 0 aliphatic heterocycles. The quantitative estimate of drug-likeness (QED) is 0.863. The predicted octanol–water partition coefficient (Wildman–Crippen LogP) is 1.81. The summed E-state index contributed by atoms with van der Waals surface area (Å²) in [5.41, 5.74) is 0.931. The minimum Gasteiger partial charge on any atom is -0.445 e. The molecule has 0 saturated heterocycles. The van der Waals surface area contributed by atoms with Gasteiger partial charge in [0.25, 0.3) is 0 Å². The summed E-state index contributed by atoms with van der Waals surface area (Å²) in [5.74, 6) is 0.0263. The minimum atomic E-state index is -0.502. The van der Waals surface area contributed by atoms with E-state index in [1.165, 1.54) is 6.08 Å². The molecule has 0 fully saturated rings. The molecular weight excluding hydrogens is 218 g/mol. The molecule has 0 radical (unpaired) electrons. The van der Waals surface area contributed by atoms with Gasteiger partial charge in [0.05, 0.1) is 6.04 Å². The number of nitrogens with one attached hydrogen (secondary N) is 1. The lowest BCUT2D eigenvalue weighted by molar-refractivity contribution is -0.114. The van der Waals surface area contributed by atoms with E-state index in [1.54, 1.807) is 6.08 Å². The highest BCUT2D eigenvalue weighted by Crippen LogP contribution is 2.06. The molecule has 1 aromatic rings. The summed E-state index contributed by atoms with van der Waals surface area (Å²) in [5, 5.41) is 2.61. The lowest BCUT2D eigenvalue weighted by Gasteiger charge is -2.10. The summed E-state index contributed by atoms with van der Waals surface area (Å²) < 4.78 is 5.03. The number of carbonyl (C=O) groups is 2. The molecule has 0 saturated carbocycles. The van der Waals surface area contributed by atoms with Gasteiger partial charge in [0.2, 0.25) is 0 Å². The Morgan fingerprint density at radius 1 is 1.35 bits per heavy atom. The van der Waals surface area contributed by atoms with Gasteiger partial charge in [-0.1, -0.05) is 36.4 Å². The fourth-order valence-corrected chi connectivity index (χ4v) is 1.59. The van der Waals surface area contributed by atoms with Crippen molar-refractivity contribution in [2.75, 3.05) is 0 Å². The Kier molecular flexibility index (Phi) is 3.55. The average Bonchev–Trinajstić information content (AvgIpc) is 2.73. The molecule has 1 N–H and O–H groups in total. The molecule has 1 aliphatic rings. The first-order valence-electron chi connectivity index (χ1n) is 5.42. The van der Waals surface area contributed by atoms with E-state index in [4.69, 9.17) is 4.74 Å². The molecular formula is C13H13NO3. The lowest BCUT2D eigenvalue weighted by Crippen LogP contribution is -2.33. The molecule has 0 spiro atoms. The first-order valence-corrected chi connectivity index (χ1v) is 5.42. The van der Waals surface area contributed by atoms with Gasteiger partial charge in [-0.15, -0.1) is 0 Å². The van der Waals surface area contributed by atoms with Gasteiger partial charge in [-0.25, -0.2) is 4.79 Å². The zero-order valence-electron chi connectivity index (χ0n) is 9.26. The van der Waals surface area contributed by atoms with E-state index in [9.17, 15) is 9.59 Å². The number of carbonyl (C=O) groups excluding carboxylic acids is 2. The number of rotatable bonds is 3. The Labute approximate surface area is 99.3 Å². The van der Waals surface area contributed by atoms with Crippen molar-refractivity contribution in [1.29, 1.82) is 0 Å². The normalized spacial score (nSPS) is 18.1. The number of benzene rings is 1. The van der Waals surface area contributed by atoms with E-state index in [0.29, 0.717) is 6.42 Å². The second-order valence-electron chi connectivity index (χ2n) is 3.84. The van der Waals surface area contributed by atoms with Gasteiger partial charge >= 0.3 is 6.09 Å². The van der Waals surface area contributed by atoms with Crippen LogP contribution in [-0.2, 0) is 16.1 Å². The number of alkyl carbamates (subject to hydrolysis) is 1. The molecule has 4 nitrogen and oxygen atoms in total. The van der Waals surface area contributed by atoms with Crippen molar-refractivity contribution in [3.8, 4) is 0 Å². The van der Waals surface area contributed by atoms with Crippen molar-refractivity contribution < 1.29 is 14.3 Å². The summed E-state index contributed by atoms with van der Waals surface area (Å²) >= 11 is 0. The third-order valence-electron chi connectivity index (χ3n) is 2.45. The Hall–Kier alpha value is -2.10.